The van der Waals surface area contributed by atoms with E-state index in [0.717, 1.165) is 30.4 Å². The third-order valence-corrected chi connectivity index (χ3v) is 7.08. The molecular formula is C22H30N6O3S. The number of carbonyl (C=O) groups is 2. The van der Waals surface area contributed by atoms with E-state index >= 15 is 0 Å². The second-order valence-electron chi connectivity index (χ2n) is 8.13. The van der Waals surface area contributed by atoms with Gasteiger partial charge in [-0.15, -0.1) is 10.2 Å². The number of urea groups is 1. The first-order valence-electron chi connectivity index (χ1n) is 11.1. The minimum atomic E-state index is -0.474. The molecule has 2 aliphatic rings. The first-order valence-corrected chi connectivity index (χ1v) is 12.0. The van der Waals surface area contributed by atoms with E-state index in [0.29, 0.717) is 18.2 Å². The molecule has 1 aromatic carbocycles. The Labute approximate surface area is 192 Å². The van der Waals surface area contributed by atoms with Gasteiger partial charge in [0.05, 0.1) is 18.4 Å². The van der Waals surface area contributed by atoms with Gasteiger partial charge in [-0.3, -0.25) is 19.2 Å². The Bertz CT molecular complexity index is 957. The van der Waals surface area contributed by atoms with Gasteiger partial charge in [-0.1, -0.05) is 18.2 Å². The van der Waals surface area contributed by atoms with Crippen LogP contribution in [0.15, 0.2) is 29.4 Å². The molecule has 0 spiro atoms. The number of benzene rings is 1. The highest BCUT2D eigenvalue weighted by Crippen LogP contribution is 2.32. The van der Waals surface area contributed by atoms with Crippen molar-refractivity contribution in [3.05, 3.63) is 30.1 Å². The monoisotopic (exact) mass is 458 g/mol. The lowest BCUT2D eigenvalue weighted by Gasteiger charge is -2.32. The van der Waals surface area contributed by atoms with Gasteiger partial charge in [-0.2, -0.15) is 0 Å². The number of imide groups is 1. The molecule has 3 amide bonds. The van der Waals surface area contributed by atoms with Crippen LogP contribution < -0.4 is 10.1 Å². The van der Waals surface area contributed by atoms with Crippen LogP contribution >= 0.6 is 11.8 Å². The number of methoxy groups -OCH3 is 1. The molecule has 0 radical (unpaired) electrons. The molecule has 10 heteroatoms. The van der Waals surface area contributed by atoms with Gasteiger partial charge in [0, 0.05) is 18.8 Å². The van der Waals surface area contributed by atoms with Gasteiger partial charge in [0.2, 0.25) is 5.91 Å². The molecule has 2 aliphatic heterocycles. The highest BCUT2D eigenvalue weighted by Gasteiger charge is 2.32. The van der Waals surface area contributed by atoms with E-state index in [1.807, 2.05) is 28.8 Å². The number of aromatic nitrogens is 3. The number of nitrogens with one attached hydrogen (secondary N) is 1. The van der Waals surface area contributed by atoms with Gasteiger partial charge < -0.3 is 10.1 Å². The summed E-state index contributed by atoms with van der Waals surface area (Å²) in [7, 11) is 1.64. The summed E-state index contributed by atoms with van der Waals surface area (Å²) in [5.41, 5.74) is 0.913. The van der Waals surface area contributed by atoms with Crippen molar-refractivity contribution in [3.63, 3.8) is 0 Å². The Morgan fingerprint density at radius 3 is 2.44 bits per heavy atom. The maximum absolute atomic E-state index is 12.8. The highest BCUT2D eigenvalue weighted by molar-refractivity contribution is 8.00. The average molecular weight is 459 g/mol. The van der Waals surface area contributed by atoms with E-state index in [4.69, 9.17) is 4.74 Å². The minimum Gasteiger partial charge on any atom is -0.497 e. The SMILES string of the molecule is COc1ccc(-n2c(SC(C)C(=O)N3CCNC3=O)nnc2C(C)N2CCCCC2)cc1. The number of rotatable bonds is 7. The Morgan fingerprint density at radius 1 is 1.09 bits per heavy atom. The van der Waals surface area contributed by atoms with Gasteiger partial charge in [-0.25, -0.2) is 4.79 Å². The Kier molecular flexibility index (Phi) is 7.00. The predicted octanol–water partition coefficient (Wildman–Crippen LogP) is 2.86. The van der Waals surface area contributed by atoms with Crippen molar-refractivity contribution in [1.82, 2.24) is 29.9 Å². The third-order valence-electron chi connectivity index (χ3n) is 6.05. The number of carbonyl (C=O) groups excluding carboxylic acids is 2. The Hall–Kier alpha value is -2.59. The van der Waals surface area contributed by atoms with Crippen LogP contribution in [-0.4, -0.2) is 75.0 Å². The third kappa shape index (κ3) is 4.61. The molecule has 3 heterocycles. The van der Waals surface area contributed by atoms with Crippen LogP contribution in [0.5, 0.6) is 5.75 Å². The van der Waals surface area contributed by atoms with Gasteiger partial charge in [0.1, 0.15) is 5.75 Å². The van der Waals surface area contributed by atoms with E-state index in [-0.39, 0.29) is 18.0 Å². The number of hydrogen-bond donors (Lipinski definition) is 1. The summed E-state index contributed by atoms with van der Waals surface area (Å²) >= 11 is 1.33. The van der Waals surface area contributed by atoms with E-state index in [2.05, 4.69) is 27.3 Å². The summed E-state index contributed by atoms with van der Waals surface area (Å²) in [5, 5.41) is 11.9. The lowest BCUT2D eigenvalue weighted by Crippen LogP contribution is -2.39. The van der Waals surface area contributed by atoms with Crippen molar-refractivity contribution in [2.24, 2.45) is 0 Å². The number of ether oxygens (including phenoxy) is 1. The molecule has 0 saturated carbocycles. The lowest BCUT2D eigenvalue weighted by atomic mass is 10.1. The average Bonchev–Trinajstić information content (AvgIpc) is 3.44. The molecule has 2 aromatic rings. The Balaban J connectivity index is 1.64. The van der Waals surface area contributed by atoms with Crippen LogP contribution in [0.25, 0.3) is 5.69 Å². The number of thioether (sulfide) groups is 1. The molecule has 9 nitrogen and oxygen atoms in total. The number of piperidine rings is 1. The molecule has 2 unspecified atom stereocenters. The molecule has 2 fully saturated rings. The zero-order valence-electron chi connectivity index (χ0n) is 18.8. The summed E-state index contributed by atoms with van der Waals surface area (Å²) in [5.74, 6) is 1.39. The van der Waals surface area contributed by atoms with Crippen LogP contribution in [0, 0.1) is 0 Å². The lowest BCUT2D eigenvalue weighted by molar-refractivity contribution is -0.126. The number of hydrogen-bond acceptors (Lipinski definition) is 7. The fourth-order valence-corrected chi connectivity index (χ4v) is 5.12. The highest BCUT2D eigenvalue weighted by atomic mass is 32.2. The second-order valence-corrected chi connectivity index (χ2v) is 9.44. The zero-order chi connectivity index (χ0) is 22.7. The van der Waals surface area contributed by atoms with Crippen LogP contribution in [0.4, 0.5) is 4.79 Å². The van der Waals surface area contributed by atoms with E-state index < -0.39 is 5.25 Å². The minimum absolute atomic E-state index is 0.0922. The quantitative estimate of drug-likeness (QED) is 0.638. The largest absolute Gasteiger partial charge is 0.497 e. The Morgan fingerprint density at radius 2 is 1.81 bits per heavy atom. The van der Waals surface area contributed by atoms with Gasteiger partial charge in [-0.05, 0) is 64.0 Å². The fourth-order valence-electron chi connectivity index (χ4n) is 4.18. The molecule has 0 bridgehead atoms. The maximum Gasteiger partial charge on any atom is 0.324 e. The van der Waals surface area contributed by atoms with Crippen LogP contribution in [0.3, 0.4) is 0 Å². The molecule has 4 rings (SSSR count). The normalized spacial score (nSPS) is 19.0. The first-order chi connectivity index (χ1) is 15.5. The molecule has 32 heavy (non-hydrogen) atoms. The van der Waals surface area contributed by atoms with Crippen molar-refractivity contribution in [1.29, 1.82) is 0 Å². The van der Waals surface area contributed by atoms with Crippen molar-refractivity contribution >= 4 is 23.7 Å². The maximum atomic E-state index is 12.8. The number of likely N-dealkylation sites (tertiary alicyclic amines) is 1. The van der Waals surface area contributed by atoms with Crippen LogP contribution in [-0.2, 0) is 4.79 Å². The summed E-state index contributed by atoms with van der Waals surface area (Å²) in [4.78, 5) is 28.5. The fraction of sp³-hybridized carbons (Fsp3) is 0.545. The first kappa shape index (κ1) is 22.6. The molecule has 2 atom stereocenters. The molecule has 1 aromatic heterocycles. The molecule has 0 aliphatic carbocycles. The summed E-state index contributed by atoms with van der Waals surface area (Å²) in [6.45, 7) is 6.93. The van der Waals surface area contributed by atoms with E-state index in [9.17, 15) is 9.59 Å². The summed E-state index contributed by atoms with van der Waals surface area (Å²) in [6.07, 6.45) is 3.64. The molecular weight excluding hydrogens is 428 g/mol. The molecule has 1 N–H and O–H groups in total. The van der Waals surface area contributed by atoms with Crippen molar-refractivity contribution < 1.29 is 14.3 Å². The predicted molar refractivity (Wildman–Crippen MR) is 122 cm³/mol. The van der Waals surface area contributed by atoms with Crippen molar-refractivity contribution in [2.75, 3.05) is 33.3 Å². The van der Waals surface area contributed by atoms with E-state index in [1.54, 1.807) is 14.0 Å². The van der Waals surface area contributed by atoms with Gasteiger partial charge >= 0.3 is 6.03 Å². The van der Waals surface area contributed by atoms with Crippen LogP contribution in [0.1, 0.15) is 45.0 Å². The summed E-state index contributed by atoms with van der Waals surface area (Å²) < 4.78 is 7.34. The molecule has 2 saturated heterocycles. The van der Waals surface area contributed by atoms with Crippen LogP contribution in [0.2, 0.25) is 0 Å². The van der Waals surface area contributed by atoms with Crippen molar-refractivity contribution in [2.45, 2.75) is 49.6 Å². The summed E-state index contributed by atoms with van der Waals surface area (Å²) in [6, 6.07) is 7.51. The topological polar surface area (TPSA) is 92.6 Å². The van der Waals surface area contributed by atoms with Gasteiger partial charge in [0.15, 0.2) is 11.0 Å². The molecule has 172 valence electrons. The standard InChI is InChI=1S/C22H30N6O3S/c1-15(26-12-5-4-6-13-26)19-24-25-22(28(19)17-7-9-18(31-3)10-8-17)32-16(2)20(29)27-14-11-23-21(27)30/h7-10,15-16H,4-6,11-14H2,1-3H3,(H,23,30). The smallest absolute Gasteiger partial charge is 0.324 e. The van der Waals surface area contributed by atoms with E-state index in [1.165, 1.54) is 35.9 Å². The second kappa shape index (κ2) is 9.91. The van der Waals surface area contributed by atoms with Gasteiger partial charge in [0.25, 0.3) is 0 Å². The zero-order valence-corrected chi connectivity index (χ0v) is 19.6. The number of amides is 3. The number of nitrogens with zero attached hydrogens (tertiary/aromatic N) is 5. The van der Waals surface area contributed by atoms with Crippen molar-refractivity contribution in [3.8, 4) is 11.4 Å².